The second-order valence-corrected chi connectivity index (χ2v) is 20.9. The van der Waals surface area contributed by atoms with Crippen LogP contribution in [0, 0.1) is 0 Å². The number of benzene rings is 4. The van der Waals surface area contributed by atoms with E-state index in [4.69, 9.17) is 11.5 Å². The van der Waals surface area contributed by atoms with Gasteiger partial charge in [0, 0.05) is 25.2 Å². The Balaban J connectivity index is 0.000000218. The van der Waals surface area contributed by atoms with E-state index < -0.39 is 34.3 Å². The monoisotopic (exact) mass is 1060 g/mol. The van der Waals surface area contributed by atoms with Crippen LogP contribution < -0.4 is 16.8 Å². The number of hydrogen-bond acceptors (Lipinski definition) is 8. The van der Waals surface area contributed by atoms with E-state index in [1.165, 1.54) is 11.1 Å². The van der Waals surface area contributed by atoms with Crippen LogP contribution in [0.1, 0.15) is 157 Å². The number of carbonyl (C=O) groups excluding carboxylic acids is 2. The third-order valence-electron chi connectivity index (χ3n) is 15.9. The van der Waals surface area contributed by atoms with Gasteiger partial charge in [-0.15, -0.1) is 0 Å². The molecule has 2 saturated heterocycles. The predicted octanol–water partition coefficient (Wildman–Crippen LogP) is 11.3. The molecule has 4 aliphatic rings. The minimum absolute atomic E-state index is 0. The third kappa shape index (κ3) is 13.8. The van der Waals surface area contributed by atoms with Crippen molar-refractivity contribution in [1.82, 2.24) is 30.2 Å². The number of alkyl halides is 6. The Morgan fingerprint density at radius 3 is 1.31 bits per heavy atom. The molecule has 0 atom stereocenters. The maximum Gasteiger partial charge on any atom is 0.419 e. The quantitative estimate of drug-likeness (QED) is 0.0810. The van der Waals surface area contributed by atoms with E-state index in [1.807, 2.05) is 72.8 Å². The molecule has 0 unspecified atom stereocenters. The fraction of sp³-hybridized carbons (Fsp3) is 0.443. The van der Waals surface area contributed by atoms with E-state index >= 15 is 0 Å². The molecule has 2 aliphatic heterocycles. The standard InChI is InChI=1S/C30H33F3N4O.C29H31F3N4O.2CH4/c1-37-16-12-22(13-17-37)21-8-6-20(7-9-21)18-27-35-19-25(30(31,32)33)26(36-27)11-10-23-4-2-3-5-24(23)29(14-15-29)28(34)38;30-29(31,32)24-18-35-26(17-19-5-7-20(8-6-19)21-11-15-34-16-12-21)36-25(24)10-9-22-3-1-2-4-23(22)28(13-14-28)27(33)37;;/h2-9,19,22H,10-18H2,1H3,(H2,34,38);1-8,18,21,34H,9-17H2,(H2,33,37);2*1H4. The van der Waals surface area contributed by atoms with Gasteiger partial charge in [0.15, 0.2) is 0 Å². The van der Waals surface area contributed by atoms with E-state index in [2.05, 4.69) is 61.5 Å². The van der Waals surface area contributed by atoms with Crippen LogP contribution >= 0.6 is 0 Å². The number of nitrogens with one attached hydrogen (secondary N) is 1. The van der Waals surface area contributed by atoms with Crippen molar-refractivity contribution in [1.29, 1.82) is 0 Å². The Hall–Kier alpha value is -6.52. The van der Waals surface area contributed by atoms with Crippen LogP contribution in [-0.4, -0.2) is 69.9 Å². The summed E-state index contributed by atoms with van der Waals surface area (Å²) in [6.45, 7) is 4.20. The Kier molecular flexibility index (Phi) is 18.5. The molecule has 6 aromatic rings. The number of rotatable bonds is 16. The number of carbonyl (C=O) groups is 2. The highest BCUT2D eigenvalue weighted by Gasteiger charge is 2.52. The first kappa shape index (κ1) is 58.2. The van der Waals surface area contributed by atoms with E-state index in [0.717, 1.165) is 97.6 Å². The number of amides is 2. The van der Waals surface area contributed by atoms with Gasteiger partial charge in [-0.2, -0.15) is 26.3 Å². The molecular formula is C61H72F6N8O2. The molecule has 0 radical (unpaired) electrons. The summed E-state index contributed by atoms with van der Waals surface area (Å²) in [6, 6.07) is 31.4. The van der Waals surface area contributed by atoms with Crippen LogP contribution in [-0.2, 0) is 71.3 Å². The Bertz CT molecular complexity index is 2960. The fourth-order valence-electron chi connectivity index (χ4n) is 11.1. The fourth-order valence-corrected chi connectivity index (χ4v) is 11.1. The lowest BCUT2D eigenvalue weighted by atomic mass is 9.88. The molecule has 0 bridgehead atoms. The maximum absolute atomic E-state index is 13.8. The number of piperidine rings is 2. The van der Waals surface area contributed by atoms with Crippen LogP contribution in [0.5, 0.6) is 0 Å². The Morgan fingerprint density at radius 2 is 0.948 bits per heavy atom. The number of halogens is 6. The molecule has 5 N–H and O–H groups in total. The Morgan fingerprint density at radius 1 is 0.571 bits per heavy atom. The highest BCUT2D eigenvalue weighted by molar-refractivity contribution is 5.91. The lowest BCUT2D eigenvalue weighted by Gasteiger charge is -2.29. The van der Waals surface area contributed by atoms with Crippen molar-refractivity contribution < 1.29 is 35.9 Å². The summed E-state index contributed by atoms with van der Waals surface area (Å²) in [4.78, 5) is 43.4. The summed E-state index contributed by atoms with van der Waals surface area (Å²) in [6.07, 6.45) is 1.41. The lowest BCUT2D eigenvalue weighted by molar-refractivity contribution is -0.139. The first-order valence-electron chi connectivity index (χ1n) is 26.1. The van der Waals surface area contributed by atoms with Crippen LogP contribution in [0.3, 0.4) is 0 Å². The average Bonchev–Trinajstić information content (AvgIpc) is 4.40. The van der Waals surface area contributed by atoms with Crippen molar-refractivity contribution in [3.05, 3.63) is 188 Å². The predicted molar refractivity (Wildman–Crippen MR) is 288 cm³/mol. The van der Waals surface area contributed by atoms with Crippen LogP contribution in [0.2, 0.25) is 0 Å². The maximum atomic E-state index is 13.8. The zero-order valence-electron chi connectivity index (χ0n) is 42.2. The van der Waals surface area contributed by atoms with Gasteiger partial charge >= 0.3 is 12.4 Å². The molecule has 2 aliphatic carbocycles. The number of hydrogen-bond donors (Lipinski definition) is 3. The van der Waals surface area contributed by atoms with Gasteiger partial charge in [-0.25, -0.2) is 19.9 Å². The topological polar surface area (TPSA) is 153 Å². The summed E-state index contributed by atoms with van der Waals surface area (Å²) in [5.41, 5.74) is 16.1. The summed E-state index contributed by atoms with van der Waals surface area (Å²) >= 11 is 0. The minimum Gasteiger partial charge on any atom is -0.369 e. The molecule has 77 heavy (non-hydrogen) atoms. The van der Waals surface area contributed by atoms with E-state index in [0.29, 0.717) is 74.9 Å². The number of likely N-dealkylation sites (tertiary alicyclic amines) is 1. The number of aryl methyl sites for hydroxylation is 4. The molecule has 10 rings (SSSR count). The van der Waals surface area contributed by atoms with Gasteiger partial charge in [-0.3, -0.25) is 9.59 Å². The summed E-state index contributed by atoms with van der Waals surface area (Å²) in [5.74, 6) is 1.04. The molecule has 16 heteroatoms. The SMILES string of the molecule is C.C.CN1CCC(c2ccc(Cc3ncc(C(F)(F)F)c(CCc4ccccc4C4(C(N)=O)CC4)n3)cc2)CC1.NC(=O)C1(c2ccccc2CCc2nc(Cc3ccc(C4CCNCC4)cc3)ncc2C(F)(F)F)CC1. The van der Waals surface area contributed by atoms with Crippen molar-refractivity contribution in [2.45, 2.75) is 140 Å². The van der Waals surface area contributed by atoms with Gasteiger partial charge in [-0.1, -0.05) is 112 Å². The first-order valence-corrected chi connectivity index (χ1v) is 26.1. The minimum atomic E-state index is -4.55. The van der Waals surface area contributed by atoms with E-state index in [9.17, 15) is 35.9 Å². The highest BCUT2D eigenvalue weighted by atomic mass is 19.4. The molecule has 4 heterocycles. The molecule has 4 aromatic carbocycles. The van der Waals surface area contributed by atoms with Crippen molar-refractivity contribution in [3.8, 4) is 0 Å². The van der Waals surface area contributed by atoms with Crippen molar-refractivity contribution in [3.63, 3.8) is 0 Å². The smallest absolute Gasteiger partial charge is 0.369 e. The normalized spacial score (nSPS) is 17.2. The zero-order chi connectivity index (χ0) is 53.0. The molecule has 410 valence electrons. The molecule has 0 spiro atoms. The number of aromatic nitrogens is 4. The largest absolute Gasteiger partial charge is 0.419 e. The molecule has 2 saturated carbocycles. The summed E-state index contributed by atoms with van der Waals surface area (Å²) in [7, 11) is 2.14. The van der Waals surface area contributed by atoms with E-state index in [-0.39, 0.29) is 50.9 Å². The molecule has 4 fully saturated rings. The second-order valence-electron chi connectivity index (χ2n) is 20.9. The van der Waals surface area contributed by atoms with E-state index in [1.54, 1.807) is 0 Å². The van der Waals surface area contributed by atoms with Crippen molar-refractivity contribution >= 4 is 11.8 Å². The molecule has 10 nitrogen and oxygen atoms in total. The lowest BCUT2D eigenvalue weighted by Crippen LogP contribution is -2.29. The number of primary amides is 2. The van der Waals surface area contributed by atoms with Gasteiger partial charge in [-0.05, 0) is 167 Å². The number of nitrogens with zero attached hydrogens (tertiary/aromatic N) is 5. The van der Waals surface area contributed by atoms with Gasteiger partial charge in [0.05, 0.1) is 33.3 Å². The van der Waals surface area contributed by atoms with Crippen LogP contribution in [0.15, 0.2) is 109 Å². The summed E-state index contributed by atoms with van der Waals surface area (Å²) in [5, 5.41) is 3.37. The van der Waals surface area contributed by atoms with Gasteiger partial charge in [0.2, 0.25) is 11.8 Å². The van der Waals surface area contributed by atoms with Gasteiger partial charge in [0.25, 0.3) is 0 Å². The van der Waals surface area contributed by atoms with Crippen LogP contribution in [0.25, 0.3) is 0 Å². The van der Waals surface area contributed by atoms with Gasteiger partial charge in [0.1, 0.15) is 11.6 Å². The van der Waals surface area contributed by atoms with Gasteiger partial charge < -0.3 is 21.7 Å². The molecule has 2 aromatic heterocycles. The van der Waals surface area contributed by atoms with Crippen molar-refractivity contribution in [2.24, 2.45) is 11.5 Å². The second kappa shape index (κ2) is 24.4. The average molecular weight is 1060 g/mol. The molecular weight excluding hydrogens is 991 g/mol. The van der Waals surface area contributed by atoms with Crippen LogP contribution in [0.4, 0.5) is 26.3 Å². The zero-order valence-corrected chi connectivity index (χ0v) is 42.2. The highest BCUT2D eigenvalue weighted by Crippen LogP contribution is 2.50. The summed E-state index contributed by atoms with van der Waals surface area (Å²) < 4.78 is 82.8. The van der Waals surface area contributed by atoms with Crippen molar-refractivity contribution in [2.75, 3.05) is 33.2 Å². The Labute approximate surface area is 448 Å². The first-order chi connectivity index (χ1) is 35.9. The third-order valence-corrected chi connectivity index (χ3v) is 15.9. The number of nitrogens with two attached hydrogens (primary N) is 2. The molecule has 2 amide bonds.